The molecule has 10 heteroatoms. The molecular formula is C18H18Cl2N2O5S. The van der Waals surface area contributed by atoms with E-state index in [0.29, 0.717) is 47.8 Å². The quantitative estimate of drug-likeness (QED) is 0.739. The number of hydrogen-bond acceptors (Lipinski definition) is 5. The normalized spacial score (nSPS) is 15.2. The van der Waals surface area contributed by atoms with Gasteiger partial charge in [0, 0.05) is 18.1 Å². The van der Waals surface area contributed by atoms with Gasteiger partial charge >= 0.3 is 0 Å². The zero-order valence-electron chi connectivity index (χ0n) is 14.7. The van der Waals surface area contributed by atoms with Gasteiger partial charge in [0.25, 0.3) is 5.91 Å². The van der Waals surface area contributed by atoms with Gasteiger partial charge in [-0.05, 0) is 42.5 Å². The van der Waals surface area contributed by atoms with Gasteiger partial charge in [0.05, 0.1) is 28.8 Å². The Hall–Kier alpha value is -1.84. The lowest BCUT2D eigenvalue weighted by Gasteiger charge is -2.26. The lowest BCUT2D eigenvalue weighted by Crippen LogP contribution is -2.40. The van der Waals surface area contributed by atoms with Crippen molar-refractivity contribution in [2.24, 2.45) is 0 Å². The van der Waals surface area contributed by atoms with Crippen molar-refractivity contribution in [1.29, 1.82) is 0 Å². The standard InChI is InChI=1S/C18H18Cl2N2O5S/c19-13-1-6-17(16(20)11-13)21-18(23)12-27-14-2-4-15(5-3-14)28(24,25)22-7-9-26-10-8-22/h1-6,11H,7-10,12H2,(H,21,23). The van der Waals surface area contributed by atoms with E-state index in [0.717, 1.165) is 0 Å². The van der Waals surface area contributed by atoms with Crippen molar-refractivity contribution in [3.05, 3.63) is 52.5 Å². The topological polar surface area (TPSA) is 84.9 Å². The number of nitrogens with zero attached hydrogens (tertiary/aromatic N) is 1. The molecule has 1 saturated heterocycles. The summed E-state index contributed by atoms with van der Waals surface area (Å²) in [6.45, 7) is 1.16. The van der Waals surface area contributed by atoms with E-state index in [1.807, 2.05) is 0 Å². The van der Waals surface area contributed by atoms with Crippen LogP contribution in [0.4, 0.5) is 5.69 Å². The SMILES string of the molecule is O=C(COc1ccc(S(=O)(=O)N2CCOCC2)cc1)Nc1ccc(Cl)cc1Cl. The second-order valence-electron chi connectivity index (χ2n) is 5.95. The number of hydrogen-bond donors (Lipinski definition) is 1. The van der Waals surface area contributed by atoms with Gasteiger partial charge in [-0.15, -0.1) is 0 Å². The number of nitrogens with one attached hydrogen (secondary N) is 1. The van der Waals surface area contributed by atoms with Crippen LogP contribution in [0.5, 0.6) is 5.75 Å². The van der Waals surface area contributed by atoms with Crippen molar-refractivity contribution in [3.8, 4) is 5.75 Å². The first kappa shape index (κ1) is 20.9. The molecule has 1 amide bonds. The molecule has 0 aromatic heterocycles. The van der Waals surface area contributed by atoms with E-state index in [2.05, 4.69) is 5.32 Å². The number of ether oxygens (including phenoxy) is 2. The van der Waals surface area contributed by atoms with Crippen LogP contribution in [-0.4, -0.2) is 51.5 Å². The minimum atomic E-state index is -3.57. The Morgan fingerprint density at radius 2 is 1.79 bits per heavy atom. The van der Waals surface area contributed by atoms with Gasteiger partial charge in [-0.25, -0.2) is 8.42 Å². The molecular weight excluding hydrogens is 427 g/mol. The molecule has 0 bridgehead atoms. The predicted octanol–water partition coefficient (Wildman–Crippen LogP) is 3.03. The molecule has 28 heavy (non-hydrogen) atoms. The summed E-state index contributed by atoms with van der Waals surface area (Å²) < 4.78 is 37.1. The molecule has 0 aliphatic carbocycles. The highest BCUT2D eigenvalue weighted by molar-refractivity contribution is 7.89. The number of amides is 1. The number of carbonyl (C=O) groups excluding carboxylic acids is 1. The van der Waals surface area contributed by atoms with Crippen LogP contribution < -0.4 is 10.1 Å². The number of sulfonamides is 1. The van der Waals surface area contributed by atoms with E-state index < -0.39 is 15.9 Å². The fraction of sp³-hybridized carbons (Fsp3) is 0.278. The molecule has 3 rings (SSSR count). The zero-order chi connectivity index (χ0) is 20.1. The lowest BCUT2D eigenvalue weighted by atomic mass is 10.3. The molecule has 2 aromatic rings. The summed E-state index contributed by atoms with van der Waals surface area (Å²) >= 11 is 11.8. The third-order valence-corrected chi connectivity index (χ3v) is 6.47. The Labute approximate surface area is 173 Å². The van der Waals surface area contributed by atoms with Crippen LogP contribution in [0, 0.1) is 0 Å². The van der Waals surface area contributed by atoms with Gasteiger partial charge in [-0.1, -0.05) is 23.2 Å². The van der Waals surface area contributed by atoms with E-state index >= 15 is 0 Å². The number of carbonyl (C=O) groups is 1. The first-order valence-corrected chi connectivity index (χ1v) is 10.6. The van der Waals surface area contributed by atoms with E-state index in [1.165, 1.54) is 34.6 Å². The Morgan fingerprint density at radius 3 is 2.43 bits per heavy atom. The maximum absolute atomic E-state index is 12.6. The molecule has 2 aromatic carbocycles. The highest BCUT2D eigenvalue weighted by Gasteiger charge is 2.26. The molecule has 1 heterocycles. The molecule has 150 valence electrons. The summed E-state index contributed by atoms with van der Waals surface area (Å²) in [5.74, 6) is -0.0347. The summed E-state index contributed by atoms with van der Waals surface area (Å²) in [6, 6.07) is 10.6. The number of benzene rings is 2. The molecule has 7 nitrogen and oxygen atoms in total. The number of morpholine rings is 1. The molecule has 1 aliphatic heterocycles. The summed E-state index contributed by atoms with van der Waals surface area (Å²) in [5.41, 5.74) is 0.423. The lowest BCUT2D eigenvalue weighted by molar-refractivity contribution is -0.118. The van der Waals surface area contributed by atoms with Gasteiger partial charge < -0.3 is 14.8 Å². The molecule has 0 unspecified atom stereocenters. The summed E-state index contributed by atoms with van der Waals surface area (Å²) in [7, 11) is -3.57. The van der Waals surface area contributed by atoms with Crippen LogP contribution in [0.15, 0.2) is 47.4 Å². The molecule has 0 spiro atoms. The monoisotopic (exact) mass is 444 g/mol. The van der Waals surface area contributed by atoms with Crippen molar-refractivity contribution in [2.75, 3.05) is 38.2 Å². The van der Waals surface area contributed by atoms with Crippen LogP contribution in [0.3, 0.4) is 0 Å². The van der Waals surface area contributed by atoms with Crippen LogP contribution in [0.1, 0.15) is 0 Å². The van der Waals surface area contributed by atoms with Gasteiger partial charge in [-0.3, -0.25) is 4.79 Å². The number of halogens is 2. The molecule has 1 N–H and O–H groups in total. The van der Waals surface area contributed by atoms with Crippen LogP contribution in [-0.2, 0) is 19.6 Å². The Kier molecular flexibility index (Phi) is 6.79. The van der Waals surface area contributed by atoms with Gasteiger partial charge in [0.2, 0.25) is 10.0 Å². The fourth-order valence-corrected chi connectivity index (χ4v) is 4.43. The zero-order valence-corrected chi connectivity index (χ0v) is 17.1. The van der Waals surface area contributed by atoms with E-state index in [4.69, 9.17) is 32.7 Å². The minimum absolute atomic E-state index is 0.166. The molecule has 0 radical (unpaired) electrons. The number of rotatable bonds is 6. The molecule has 0 saturated carbocycles. The Bertz CT molecular complexity index is 945. The fourth-order valence-electron chi connectivity index (χ4n) is 2.57. The Morgan fingerprint density at radius 1 is 1.11 bits per heavy atom. The third-order valence-electron chi connectivity index (χ3n) is 4.01. The van der Waals surface area contributed by atoms with Crippen molar-refractivity contribution in [1.82, 2.24) is 4.31 Å². The predicted molar refractivity (Wildman–Crippen MR) is 107 cm³/mol. The van der Waals surface area contributed by atoms with E-state index in [9.17, 15) is 13.2 Å². The maximum atomic E-state index is 12.6. The first-order valence-electron chi connectivity index (χ1n) is 8.42. The van der Waals surface area contributed by atoms with E-state index in [-0.39, 0.29) is 11.5 Å². The largest absolute Gasteiger partial charge is 0.484 e. The van der Waals surface area contributed by atoms with Crippen LogP contribution >= 0.6 is 23.2 Å². The highest BCUT2D eigenvalue weighted by Crippen LogP contribution is 2.25. The summed E-state index contributed by atoms with van der Waals surface area (Å²) in [6.07, 6.45) is 0. The number of anilines is 1. The first-order chi connectivity index (χ1) is 13.4. The maximum Gasteiger partial charge on any atom is 0.262 e. The molecule has 0 atom stereocenters. The van der Waals surface area contributed by atoms with Crippen molar-refractivity contribution < 1.29 is 22.7 Å². The van der Waals surface area contributed by atoms with Crippen LogP contribution in [0.2, 0.25) is 10.0 Å². The summed E-state index contributed by atoms with van der Waals surface area (Å²) in [5, 5.41) is 3.40. The van der Waals surface area contributed by atoms with Crippen molar-refractivity contribution in [3.63, 3.8) is 0 Å². The average molecular weight is 445 g/mol. The van der Waals surface area contributed by atoms with Gasteiger partial charge in [0.15, 0.2) is 6.61 Å². The molecule has 1 fully saturated rings. The minimum Gasteiger partial charge on any atom is -0.484 e. The second-order valence-corrected chi connectivity index (χ2v) is 8.73. The van der Waals surface area contributed by atoms with Gasteiger partial charge in [0.1, 0.15) is 5.75 Å². The van der Waals surface area contributed by atoms with Crippen molar-refractivity contribution in [2.45, 2.75) is 4.90 Å². The van der Waals surface area contributed by atoms with E-state index in [1.54, 1.807) is 12.1 Å². The smallest absolute Gasteiger partial charge is 0.262 e. The van der Waals surface area contributed by atoms with Crippen LogP contribution in [0.25, 0.3) is 0 Å². The second kappa shape index (κ2) is 9.11. The average Bonchev–Trinajstić information content (AvgIpc) is 2.69. The molecule has 1 aliphatic rings. The van der Waals surface area contributed by atoms with Crippen molar-refractivity contribution >= 4 is 44.8 Å². The summed E-state index contributed by atoms with van der Waals surface area (Å²) in [4.78, 5) is 12.2. The third kappa shape index (κ3) is 5.15. The highest BCUT2D eigenvalue weighted by atomic mass is 35.5. The van der Waals surface area contributed by atoms with Gasteiger partial charge in [-0.2, -0.15) is 4.31 Å². The Balaban J connectivity index is 1.57.